The van der Waals surface area contributed by atoms with Crippen molar-refractivity contribution in [3.8, 4) is 0 Å². The van der Waals surface area contributed by atoms with Crippen LogP contribution in [0, 0.1) is 17.8 Å². The van der Waals surface area contributed by atoms with Crippen LogP contribution in [0.4, 0.5) is 0 Å². The van der Waals surface area contributed by atoms with Crippen LogP contribution in [-0.2, 0) is 17.8 Å². The highest BCUT2D eigenvalue weighted by Gasteiger charge is 2.27. The van der Waals surface area contributed by atoms with Crippen molar-refractivity contribution in [2.45, 2.75) is 51.6 Å². The molecule has 4 rings (SSSR count). The van der Waals surface area contributed by atoms with Crippen molar-refractivity contribution in [1.29, 1.82) is 0 Å². The third-order valence-electron chi connectivity index (χ3n) is 5.83. The van der Waals surface area contributed by atoms with Gasteiger partial charge < -0.3 is 9.30 Å². The van der Waals surface area contributed by atoms with Crippen molar-refractivity contribution >= 4 is 0 Å². The lowest BCUT2D eigenvalue weighted by atomic mass is 9.85. The molecule has 0 aromatic carbocycles. The number of fused-ring (bicyclic) bond motifs is 1. The Labute approximate surface area is 133 Å². The molecule has 0 saturated heterocycles. The second-order valence-electron chi connectivity index (χ2n) is 7.73. The molecule has 0 bridgehead atoms. The Kier molecular flexibility index (Phi) is 4.49. The Bertz CT molecular complexity index is 478. The minimum atomic E-state index is 0.607. The molecule has 0 radical (unpaired) electrons. The maximum Gasteiger partial charge on any atom is 0.0948 e. The van der Waals surface area contributed by atoms with Gasteiger partial charge in [0, 0.05) is 44.9 Å². The fourth-order valence-corrected chi connectivity index (χ4v) is 3.98. The predicted molar refractivity (Wildman–Crippen MR) is 86.5 cm³/mol. The van der Waals surface area contributed by atoms with E-state index < -0.39 is 0 Å². The topological polar surface area (TPSA) is 30.3 Å². The molecule has 1 aromatic rings. The van der Waals surface area contributed by atoms with Crippen LogP contribution in [0.15, 0.2) is 12.5 Å². The normalized spacial score (nSPS) is 27.0. The van der Waals surface area contributed by atoms with Crippen LogP contribution in [0.3, 0.4) is 0 Å². The van der Waals surface area contributed by atoms with Gasteiger partial charge in [-0.05, 0) is 37.5 Å². The van der Waals surface area contributed by atoms with Crippen molar-refractivity contribution in [2.24, 2.45) is 17.8 Å². The van der Waals surface area contributed by atoms with Crippen LogP contribution in [0.1, 0.15) is 44.2 Å². The van der Waals surface area contributed by atoms with Crippen LogP contribution < -0.4 is 0 Å². The molecule has 2 fully saturated rings. The quantitative estimate of drug-likeness (QED) is 0.809. The van der Waals surface area contributed by atoms with Gasteiger partial charge in [-0.15, -0.1) is 0 Å². The molecular formula is C18H29N3O. The summed E-state index contributed by atoms with van der Waals surface area (Å²) in [5.74, 6) is 2.39. The monoisotopic (exact) mass is 303 g/mol. The van der Waals surface area contributed by atoms with E-state index in [1.807, 2.05) is 12.5 Å². The van der Waals surface area contributed by atoms with Crippen molar-refractivity contribution in [3.05, 3.63) is 18.2 Å². The zero-order valence-corrected chi connectivity index (χ0v) is 13.6. The van der Waals surface area contributed by atoms with E-state index in [1.165, 1.54) is 57.3 Å². The van der Waals surface area contributed by atoms with Crippen LogP contribution in [-0.4, -0.2) is 40.8 Å². The van der Waals surface area contributed by atoms with Crippen molar-refractivity contribution in [2.75, 3.05) is 26.3 Å². The van der Waals surface area contributed by atoms with Crippen molar-refractivity contribution in [3.63, 3.8) is 0 Å². The molecule has 4 nitrogen and oxygen atoms in total. The molecule has 4 heteroatoms. The molecule has 0 amide bonds. The first kappa shape index (κ1) is 14.7. The number of ether oxygens (including phenoxy) is 1. The highest BCUT2D eigenvalue weighted by atomic mass is 16.5. The summed E-state index contributed by atoms with van der Waals surface area (Å²) in [5.41, 5.74) is 1.38. The maximum absolute atomic E-state index is 6.06. The number of nitrogens with zero attached hydrogens (tertiary/aromatic N) is 3. The number of hydrogen-bond donors (Lipinski definition) is 0. The average Bonchev–Trinajstić information content (AvgIpc) is 2.76. The third kappa shape index (κ3) is 3.38. The Morgan fingerprint density at radius 3 is 2.50 bits per heavy atom. The lowest BCUT2D eigenvalue weighted by molar-refractivity contribution is 0.0335. The van der Waals surface area contributed by atoms with Gasteiger partial charge in [0.2, 0.25) is 0 Å². The third-order valence-corrected chi connectivity index (χ3v) is 5.83. The van der Waals surface area contributed by atoms with Crippen LogP contribution in [0.25, 0.3) is 0 Å². The van der Waals surface area contributed by atoms with E-state index in [-0.39, 0.29) is 0 Å². The van der Waals surface area contributed by atoms with Gasteiger partial charge in [0.05, 0.1) is 18.6 Å². The zero-order chi connectivity index (χ0) is 14.8. The van der Waals surface area contributed by atoms with E-state index in [4.69, 9.17) is 4.74 Å². The lowest BCUT2D eigenvalue weighted by Gasteiger charge is -2.33. The minimum Gasteiger partial charge on any atom is -0.381 e. The maximum atomic E-state index is 6.06. The molecule has 0 spiro atoms. The smallest absolute Gasteiger partial charge is 0.0948 e. The first-order valence-corrected chi connectivity index (χ1v) is 9.16. The van der Waals surface area contributed by atoms with Crippen molar-refractivity contribution in [1.82, 2.24) is 14.5 Å². The summed E-state index contributed by atoms with van der Waals surface area (Å²) in [5, 5.41) is 0. The summed E-state index contributed by atoms with van der Waals surface area (Å²) < 4.78 is 8.40. The van der Waals surface area contributed by atoms with Crippen LogP contribution in [0.2, 0.25) is 0 Å². The van der Waals surface area contributed by atoms with Gasteiger partial charge in [0.1, 0.15) is 0 Å². The molecule has 2 aliphatic carbocycles. The SMILES string of the molecule is c1ncn2c1CN(CC1CCC1)CC(COCC1CCC1)C2. The molecule has 2 saturated carbocycles. The van der Waals surface area contributed by atoms with Gasteiger partial charge in [-0.1, -0.05) is 12.8 Å². The van der Waals surface area contributed by atoms with Gasteiger partial charge >= 0.3 is 0 Å². The molecule has 3 aliphatic rings. The predicted octanol–water partition coefficient (Wildman–Crippen LogP) is 2.93. The number of hydrogen-bond acceptors (Lipinski definition) is 3. The Balaban J connectivity index is 1.34. The van der Waals surface area contributed by atoms with Gasteiger partial charge in [0.15, 0.2) is 0 Å². The molecule has 1 aromatic heterocycles. The van der Waals surface area contributed by atoms with E-state index >= 15 is 0 Å². The second kappa shape index (κ2) is 6.71. The molecule has 122 valence electrons. The molecular weight excluding hydrogens is 274 g/mol. The first-order valence-electron chi connectivity index (χ1n) is 9.16. The van der Waals surface area contributed by atoms with E-state index in [0.717, 1.165) is 38.1 Å². The van der Waals surface area contributed by atoms with Gasteiger partial charge in [-0.25, -0.2) is 4.98 Å². The average molecular weight is 303 g/mol. The lowest BCUT2D eigenvalue weighted by Crippen LogP contribution is -2.36. The molecule has 1 aliphatic heterocycles. The molecule has 2 heterocycles. The van der Waals surface area contributed by atoms with Crippen molar-refractivity contribution < 1.29 is 4.74 Å². The van der Waals surface area contributed by atoms with E-state index in [1.54, 1.807) is 0 Å². The fourth-order valence-electron chi connectivity index (χ4n) is 3.98. The van der Waals surface area contributed by atoms with Gasteiger partial charge in [0.25, 0.3) is 0 Å². The second-order valence-corrected chi connectivity index (χ2v) is 7.73. The summed E-state index contributed by atoms with van der Waals surface area (Å²) in [6.07, 6.45) is 12.5. The van der Waals surface area contributed by atoms with E-state index in [0.29, 0.717) is 5.92 Å². The molecule has 1 atom stereocenters. The Hall–Kier alpha value is -0.870. The highest BCUT2D eigenvalue weighted by molar-refractivity contribution is 5.01. The standard InChI is InChI=1S/C18H29N3O/c1-3-15(4-1)8-20-9-17(13-22-12-16-5-2-6-16)10-21-14-19-7-18(21)11-20/h7,14-17H,1-6,8-13H2. The van der Waals surface area contributed by atoms with E-state index in [2.05, 4.69) is 14.5 Å². The Morgan fingerprint density at radius 1 is 1.00 bits per heavy atom. The summed E-state index contributed by atoms with van der Waals surface area (Å²) in [7, 11) is 0. The number of aromatic nitrogens is 2. The van der Waals surface area contributed by atoms with Crippen LogP contribution >= 0.6 is 0 Å². The molecule has 22 heavy (non-hydrogen) atoms. The summed E-state index contributed by atoms with van der Waals surface area (Å²) in [4.78, 5) is 7.01. The summed E-state index contributed by atoms with van der Waals surface area (Å²) in [6, 6.07) is 0. The largest absolute Gasteiger partial charge is 0.381 e. The zero-order valence-electron chi connectivity index (χ0n) is 13.6. The highest BCUT2D eigenvalue weighted by Crippen LogP contribution is 2.29. The fraction of sp³-hybridized carbons (Fsp3) is 0.833. The Morgan fingerprint density at radius 2 is 1.77 bits per heavy atom. The first-order chi connectivity index (χ1) is 10.9. The summed E-state index contributed by atoms with van der Waals surface area (Å²) >= 11 is 0. The molecule has 1 unspecified atom stereocenters. The van der Waals surface area contributed by atoms with Gasteiger partial charge in [-0.3, -0.25) is 4.90 Å². The summed E-state index contributed by atoms with van der Waals surface area (Å²) in [6.45, 7) is 6.48. The molecule has 0 N–H and O–H groups in total. The van der Waals surface area contributed by atoms with Crippen LogP contribution in [0.5, 0.6) is 0 Å². The van der Waals surface area contributed by atoms with E-state index in [9.17, 15) is 0 Å². The van der Waals surface area contributed by atoms with Gasteiger partial charge in [-0.2, -0.15) is 0 Å². The number of imidazole rings is 1. The number of rotatable bonds is 6. The minimum absolute atomic E-state index is 0.607.